The first-order chi connectivity index (χ1) is 6.97. The molecular weight excluding hydrogens is 196 g/mol. The number of hydrogen-bond acceptors (Lipinski definition) is 3. The zero-order chi connectivity index (χ0) is 11.6. The molecule has 1 heterocycles. The van der Waals surface area contributed by atoms with Crippen LogP contribution in [0.1, 0.15) is 20.8 Å². The molecule has 1 fully saturated rings. The number of carbonyl (C=O) groups is 3. The first kappa shape index (κ1) is 11.7. The highest BCUT2D eigenvalue weighted by Gasteiger charge is 2.36. The summed E-state index contributed by atoms with van der Waals surface area (Å²) in [5.41, 5.74) is 0. The molecular formula is C10H16N2O3. The molecule has 1 atom stereocenters. The number of hydrogen-bond donors (Lipinski definition) is 0. The predicted octanol–water partition coefficient (Wildman–Crippen LogP) is -0.345. The first-order valence-electron chi connectivity index (χ1n) is 5.06. The summed E-state index contributed by atoms with van der Waals surface area (Å²) in [6, 6.07) is -0.0842. The molecule has 0 aromatic heterocycles. The minimum Gasteiger partial charge on any atom is -0.333 e. The molecule has 2 amide bonds. The van der Waals surface area contributed by atoms with Gasteiger partial charge in [0.1, 0.15) is 5.78 Å². The van der Waals surface area contributed by atoms with E-state index in [0.29, 0.717) is 13.1 Å². The molecule has 0 aromatic carbocycles. The maximum Gasteiger partial charge on any atom is 0.312 e. The van der Waals surface area contributed by atoms with Gasteiger partial charge in [0, 0.05) is 19.1 Å². The predicted molar refractivity (Wildman–Crippen MR) is 54.1 cm³/mol. The van der Waals surface area contributed by atoms with Crippen LogP contribution in [0.2, 0.25) is 0 Å². The summed E-state index contributed by atoms with van der Waals surface area (Å²) in [6.45, 7) is 6.16. The normalized spacial score (nSPS) is 22.2. The van der Waals surface area contributed by atoms with E-state index in [2.05, 4.69) is 0 Å². The van der Waals surface area contributed by atoms with E-state index in [1.54, 1.807) is 0 Å². The van der Waals surface area contributed by atoms with Crippen LogP contribution in [-0.4, -0.2) is 53.1 Å². The molecule has 1 aliphatic rings. The highest BCUT2D eigenvalue weighted by molar-refractivity contribution is 6.35. The van der Waals surface area contributed by atoms with E-state index >= 15 is 0 Å². The second-order valence-electron chi connectivity index (χ2n) is 3.83. The summed E-state index contributed by atoms with van der Waals surface area (Å²) in [4.78, 5) is 36.9. The Kier molecular flexibility index (Phi) is 3.44. The SMILES string of the molecule is CCN1CC(C)N(CC(C)=O)C(=O)C1=O. The molecule has 0 aromatic rings. The van der Waals surface area contributed by atoms with Gasteiger partial charge in [-0.15, -0.1) is 0 Å². The molecule has 0 N–H and O–H groups in total. The maximum atomic E-state index is 11.6. The van der Waals surface area contributed by atoms with Crippen molar-refractivity contribution in [2.24, 2.45) is 0 Å². The van der Waals surface area contributed by atoms with Crippen molar-refractivity contribution in [3.63, 3.8) is 0 Å². The summed E-state index contributed by atoms with van der Waals surface area (Å²) in [6.07, 6.45) is 0. The van der Waals surface area contributed by atoms with Crippen LogP contribution in [0.5, 0.6) is 0 Å². The minimum atomic E-state index is -0.564. The quantitative estimate of drug-likeness (QED) is 0.601. The molecule has 5 heteroatoms. The van der Waals surface area contributed by atoms with Crippen molar-refractivity contribution in [1.29, 1.82) is 0 Å². The lowest BCUT2D eigenvalue weighted by molar-refractivity contribution is -0.159. The summed E-state index contributed by atoms with van der Waals surface area (Å²) in [5.74, 6) is -1.17. The number of piperazine rings is 1. The van der Waals surface area contributed by atoms with Gasteiger partial charge < -0.3 is 9.80 Å². The van der Waals surface area contributed by atoms with E-state index in [1.807, 2.05) is 13.8 Å². The van der Waals surface area contributed by atoms with Crippen LogP contribution in [0.4, 0.5) is 0 Å². The fraction of sp³-hybridized carbons (Fsp3) is 0.700. The van der Waals surface area contributed by atoms with Crippen LogP contribution in [-0.2, 0) is 14.4 Å². The Labute approximate surface area is 89.0 Å². The molecule has 0 spiro atoms. The van der Waals surface area contributed by atoms with Gasteiger partial charge in [0.15, 0.2) is 0 Å². The second-order valence-corrected chi connectivity index (χ2v) is 3.83. The summed E-state index contributed by atoms with van der Waals surface area (Å²) < 4.78 is 0. The lowest BCUT2D eigenvalue weighted by Gasteiger charge is -2.37. The van der Waals surface area contributed by atoms with Crippen LogP contribution in [0.15, 0.2) is 0 Å². The van der Waals surface area contributed by atoms with E-state index in [4.69, 9.17) is 0 Å². The molecule has 0 aliphatic carbocycles. The van der Waals surface area contributed by atoms with E-state index in [-0.39, 0.29) is 18.4 Å². The second kappa shape index (κ2) is 4.42. The van der Waals surface area contributed by atoms with Crippen LogP contribution >= 0.6 is 0 Å². The Morgan fingerprint density at radius 1 is 1.40 bits per heavy atom. The standard InChI is InChI=1S/C10H16N2O3/c1-4-11-5-7(2)12(6-8(3)13)10(15)9(11)14/h7H,4-6H2,1-3H3. The average Bonchev–Trinajstić information content (AvgIpc) is 2.18. The van der Waals surface area contributed by atoms with Gasteiger partial charge in [-0.25, -0.2) is 0 Å². The van der Waals surface area contributed by atoms with Crippen molar-refractivity contribution in [1.82, 2.24) is 9.80 Å². The van der Waals surface area contributed by atoms with Crippen molar-refractivity contribution in [2.45, 2.75) is 26.8 Å². The third-order valence-corrected chi connectivity index (χ3v) is 2.52. The van der Waals surface area contributed by atoms with Gasteiger partial charge in [-0.05, 0) is 20.8 Å². The van der Waals surface area contributed by atoms with Gasteiger partial charge in [0.2, 0.25) is 0 Å². The summed E-state index contributed by atoms with van der Waals surface area (Å²) >= 11 is 0. The molecule has 1 unspecified atom stereocenters. The number of nitrogens with zero attached hydrogens (tertiary/aromatic N) is 2. The number of Topliss-reactive ketones (excluding diaryl/α,β-unsaturated/α-hetero) is 1. The highest BCUT2D eigenvalue weighted by Crippen LogP contribution is 2.11. The van der Waals surface area contributed by atoms with Crippen molar-refractivity contribution in [3.8, 4) is 0 Å². The molecule has 1 saturated heterocycles. The maximum absolute atomic E-state index is 11.6. The highest BCUT2D eigenvalue weighted by atomic mass is 16.2. The number of likely N-dealkylation sites (N-methyl/N-ethyl adjacent to an activating group) is 1. The lowest BCUT2D eigenvalue weighted by atomic mass is 10.1. The van der Waals surface area contributed by atoms with Gasteiger partial charge in [0.05, 0.1) is 6.54 Å². The molecule has 84 valence electrons. The topological polar surface area (TPSA) is 57.7 Å². The van der Waals surface area contributed by atoms with Gasteiger partial charge in [-0.2, -0.15) is 0 Å². The molecule has 5 nitrogen and oxygen atoms in total. The molecule has 15 heavy (non-hydrogen) atoms. The Morgan fingerprint density at radius 3 is 2.47 bits per heavy atom. The third kappa shape index (κ3) is 2.34. The minimum absolute atomic E-state index is 0.0310. The van der Waals surface area contributed by atoms with E-state index in [9.17, 15) is 14.4 Å². The Balaban J connectivity index is 2.79. The van der Waals surface area contributed by atoms with E-state index < -0.39 is 11.8 Å². The third-order valence-electron chi connectivity index (χ3n) is 2.52. The Hall–Kier alpha value is -1.39. The molecule has 1 aliphatic heterocycles. The van der Waals surface area contributed by atoms with Crippen molar-refractivity contribution in [2.75, 3.05) is 19.6 Å². The van der Waals surface area contributed by atoms with E-state index in [1.165, 1.54) is 16.7 Å². The van der Waals surface area contributed by atoms with Crippen LogP contribution in [0.25, 0.3) is 0 Å². The van der Waals surface area contributed by atoms with Gasteiger partial charge in [-0.3, -0.25) is 14.4 Å². The summed E-state index contributed by atoms with van der Waals surface area (Å²) in [5, 5.41) is 0. The van der Waals surface area contributed by atoms with Crippen molar-refractivity contribution >= 4 is 17.6 Å². The number of rotatable bonds is 3. The monoisotopic (exact) mass is 212 g/mol. The fourth-order valence-corrected chi connectivity index (χ4v) is 1.70. The number of carbonyl (C=O) groups excluding carboxylic acids is 3. The number of amides is 2. The van der Waals surface area contributed by atoms with Crippen molar-refractivity contribution < 1.29 is 14.4 Å². The molecule has 0 saturated carbocycles. The van der Waals surface area contributed by atoms with Crippen molar-refractivity contribution in [3.05, 3.63) is 0 Å². The number of ketones is 1. The van der Waals surface area contributed by atoms with Crippen LogP contribution in [0.3, 0.4) is 0 Å². The lowest BCUT2D eigenvalue weighted by Crippen LogP contribution is -2.59. The largest absolute Gasteiger partial charge is 0.333 e. The Morgan fingerprint density at radius 2 is 2.00 bits per heavy atom. The molecule has 0 bridgehead atoms. The Bertz CT molecular complexity index is 301. The van der Waals surface area contributed by atoms with E-state index in [0.717, 1.165) is 0 Å². The fourth-order valence-electron chi connectivity index (χ4n) is 1.70. The zero-order valence-electron chi connectivity index (χ0n) is 9.32. The average molecular weight is 212 g/mol. The molecule has 1 rings (SSSR count). The van der Waals surface area contributed by atoms with Gasteiger partial charge >= 0.3 is 11.8 Å². The smallest absolute Gasteiger partial charge is 0.312 e. The zero-order valence-corrected chi connectivity index (χ0v) is 9.32. The van der Waals surface area contributed by atoms with Crippen LogP contribution < -0.4 is 0 Å². The summed E-state index contributed by atoms with van der Waals surface area (Å²) in [7, 11) is 0. The van der Waals surface area contributed by atoms with Gasteiger partial charge in [-0.1, -0.05) is 0 Å². The van der Waals surface area contributed by atoms with Gasteiger partial charge in [0.25, 0.3) is 0 Å². The van der Waals surface area contributed by atoms with Crippen LogP contribution in [0, 0.1) is 0 Å². The first-order valence-corrected chi connectivity index (χ1v) is 5.06. The molecule has 0 radical (unpaired) electrons.